The van der Waals surface area contributed by atoms with Crippen molar-refractivity contribution < 1.29 is 5.11 Å². The molecule has 1 nitrogen and oxygen atoms in total. The molecule has 0 aromatic carbocycles. The Bertz CT molecular complexity index is 91.3. The summed E-state index contributed by atoms with van der Waals surface area (Å²) in [6.45, 7) is 6.17. The first kappa shape index (κ1) is 10.0. The van der Waals surface area contributed by atoms with Crippen LogP contribution in [0, 0.1) is 0 Å². The van der Waals surface area contributed by atoms with Crippen molar-refractivity contribution >= 4 is 11.8 Å². The van der Waals surface area contributed by atoms with Crippen LogP contribution in [0.2, 0.25) is 0 Å². The summed E-state index contributed by atoms with van der Waals surface area (Å²) in [5.41, 5.74) is 1.23. The third-order valence-corrected chi connectivity index (χ3v) is 2.32. The van der Waals surface area contributed by atoms with Gasteiger partial charge in [0.25, 0.3) is 0 Å². The predicted molar refractivity (Wildman–Crippen MR) is 48.5 cm³/mol. The molecule has 0 amide bonds. The van der Waals surface area contributed by atoms with Crippen molar-refractivity contribution in [3.63, 3.8) is 0 Å². The van der Waals surface area contributed by atoms with Crippen LogP contribution in [-0.4, -0.2) is 23.2 Å². The molecule has 0 aliphatic rings. The van der Waals surface area contributed by atoms with Crippen molar-refractivity contribution in [2.75, 3.05) is 18.1 Å². The minimum Gasteiger partial charge on any atom is -0.396 e. The number of unbranched alkanes of at least 4 members (excludes halogenated alkanes) is 1. The van der Waals surface area contributed by atoms with Gasteiger partial charge in [-0.3, -0.25) is 0 Å². The number of aliphatic hydroxyl groups is 1. The molecule has 0 saturated heterocycles. The first-order valence-electron chi connectivity index (χ1n) is 3.60. The maximum absolute atomic E-state index is 8.45. The van der Waals surface area contributed by atoms with Gasteiger partial charge in [-0.25, -0.2) is 0 Å². The molecule has 0 saturated carbocycles. The van der Waals surface area contributed by atoms with E-state index >= 15 is 0 Å². The number of hydrogen-bond acceptors (Lipinski definition) is 2. The average molecular weight is 160 g/mol. The van der Waals surface area contributed by atoms with Gasteiger partial charge in [-0.1, -0.05) is 12.2 Å². The second-order valence-electron chi connectivity index (χ2n) is 2.44. The zero-order valence-electron chi connectivity index (χ0n) is 6.60. The van der Waals surface area contributed by atoms with Crippen LogP contribution in [0.1, 0.15) is 19.8 Å². The van der Waals surface area contributed by atoms with Crippen LogP contribution in [0.15, 0.2) is 12.2 Å². The summed E-state index contributed by atoms with van der Waals surface area (Å²) in [6, 6.07) is 0. The van der Waals surface area contributed by atoms with E-state index < -0.39 is 0 Å². The van der Waals surface area contributed by atoms with Crippen LogP contribution in [0.4, 0.5) is 0 Å². The average Bonchev–Trinajstić information content (AvgIpc) is 1.87. The first-order valence-corrected chi connectivity index (χ1v) is 4.76. The van der Waals surface area contributed by atoms with Gasteiger partial charge in [-0.15, -0.1) is 0 Å². The van der Waals surface area contributed by atoms with E-state index in [1.807, 2.05) is 18.7 Å². The summed E-state index contributed by atoms with van der Waals surface area (Å²) in [4.78, 5) is 0. The van der Waals surface area contributed by atoms with Crippen LogP contribution in [0.5, 0.6) is 0 Å². The van der Waals surface area contributed by atoms with E-state index in [1.54, 1.807) is 0 Å². The lowest BCUT2D eigenvalue weighted by molar-refractivity contribution is 0.287. The minimum atomic E-state index is 0.327. The maximum Gasteiger partial charge on any atom is 0.0431 e. The highest BCUT2D eigenvalue weighted by atomic mass is 32.2. The Labute approximate surface area is 67.5 Å². The van der Waals surface area contributed by atoms with Gasteiger partial charge in [0.15, 0.2) is 0 Å². The molecule has 0 spiro atoms. The Morgan fingerprint density at radius 1 is 1.50 bits per heavy atom. The summed E-state index contributed by atoms with van der Waals surface area (Å²) in [6.07, 6.45) is 2.05. The predicted octanol–water partition coefficient (Wildman–Crippen LogP) is 2.07. The minimum absolute atomic E-state index is 0.327. The van der Waals surface area contributed by atoms with E-state index in [0.29, 0.717) is 6.61 Å². The van der Waals surface area contributed by atoms with Crippen LogP contribution in [-0.2, 0) is 0 Å². The van der Waals surface area contributed by atoms with Crippen LogP contribution in [0.3, 0.4) is 0 Å². The molecule has 0 heterocycles. The van der Waals surface area contributed by atoms with Crippen molar-refractivity contribution in [1.29, 1.82) is 0 Å². The smallest absolute Gasteiger partial charge is 0.0431 e. The standard InChI is InChI=1S/C8H16OS/c1-8(2)7-10-6-4-3-5-9/h9H,1,3-7H2,2H3. The number of aliphatic hydroxyl groups excluding tert-OH is 1. The topological polar surface area (TPSA) is 20.2 Å². The van der Waals surface area contributed by atoms with Gasteiger partial charge in [0, 0.05) is 12.4 Å². The SMILES string of the molecule is C=C(C)CSCCCCO. The molecule has 0 unspecified atom stereocenters. The van der Waals surface area contributed by atoms with E-state index in [-0.39, 0.29) is 0 Å². The number of rotatable bonds is 6. The fourth-order valence-electron chi connectivity index (χ4n) is 0.562. The highest BCUT2D eigenvalue weighted by molar-refractivity contribution is 7.99. The molecule has 0 aliphatic heterocycles. The lowest BCUT2D eigenvalue weighted by Crippen LogP contribution is -1.87. The Balaban J connectivity index is 2.84. The van der Waals surface area contributed by atoms with Gasteiger partial charge in [0.05, 0.1) is 0 Å². The third-order valence-electron chi connectivity index (χ3n) is 1.05. The lowest BCUT2D eigenvalue weighted by Gasteiger charge is -1.98. The zero-order valence-corrected chi connectivity index (χ0v) is 7.41. The molecule has 0 bridgehead atoms. The van der Waals surface area contributed by atoms with Gasteiger partial charge < -0.3 is 5.11 Å². The van der Waals surface area contributed by atoms with Crippen molar-refractivity contribution in [3.8, 4) is 0 Å². The highest BCUT2D eigenvalue weighted by Gasteiger charge is 1.88. The van der Waals surface area contributed by atoms with Crippen molar-refractivity contribution in [3.05, 3.63) is 12.2 Å². The lowest BCUT2D eigenvalue weighted by atomic mass is 10.4. The molecule has 0 aliphatic carbocycles. The molecule has 0 aromatic heterocycles. The van der Waals surface area contributed by atoms with Gasteiger partial charge in [-0.05, 0) is 25.5 Å². The van der Waals surface area contributed by atoms with Gasteiger partial charge in [0.1, 0.15) is 0 Å². The first-order chi connectivity index (χ1) is 4.77. The zero-order chi connectivity index (χ0) is 7.82. The molecule has 1 N–H and O–H groups in total. The van der Waals surface area contributed by atoms with E-state index in [4.69, 9.17) is 5.11 Å². The van der Waals surface area contributed by atoms with E-state index in [2.05, 4.69) is 6.58 Å². The molecule has 0 rings (SSSR count). The fourth-order valence-corrected chi connectivity index (χ4v) is 1.46. The molecular formula is C8H16OS. The summed E-state index contributed by atoms with van der Waals surface area (Å²) in [7, 11) is 0. The summed E-state index contributed by atoms with van der Waals surface area (Å²) in [5.74, 6) is 2.21. The van der Waals surface area contributed by atoms with Crippen LogP contribution < -0.4 is 0 Å². The van der Waals surface area contributed by atoms with Crippen molar-refractivity contribution in [2.45, 2.75) is 19.8 Å². The van der Waals surface area contributed by atoms with Crippen molar-refractivity contribution in [2.24, 2.45) is 0 Å². The van der Waals surface area contributed by atoms with E-state index in [9.17, 15) is 0 Å². The maximum atomic E-state index is 8.45. The molecule has 0 aromatic rings. The third kappa shape index (κ3) is 8.05. The molecule has 2 heteroatoms. The van der Waals surface area contributed by atoms with Crippen molar-refractivity contribution in [1.82, 2.24) is 0 Å². The molecular weight excluding hydrogens is 144 g/mol. The van der Waals surface area contributed by atoms with Gasteiger partial charge in [-0.2, -0.15) is 11.8 Å². The Kier molecular flexibility index (Phi) is 7.20. The number of hydrogen-bond donors (Lipinski definition) is 1. The largest absolute Gasteiger partial charge is 0.396 e. The molecule has 60 valence electrons. The van der Waals surface area contributed by atoms with Crippen LogP contribution in [0.25, 0.3) is 0 Å². The summed E-state index contributed by atoms with van der Waals surface area (Å²) >= 11 is 1.89. The highest BCUT2D eigenvalue weighted by Crippen LogP contribution is 2.07. The molecule has 0 atom stereocenters. The van der Waals surface area contributed by atoms with Gasteiger partial charge in [0.2, 0.25) is 0 Å². The Morgan fingerprint density at radius 2 is 2.20 bits per heavy atom. The second kappa shape index (κ2) is 7.16. The molecule has 0 fully saturated rings. The molecule has 0 radical (unpaired) electrons. The molecule has 10 heavy (non-hydrogen) atoms. The Hall–Kier alpha value is 0.0500. The fraction of sp³-hybridized carbons (Fsp3) is 0.750. The monoisotopic (exact) mass is 160 g/mol. The second-order valence-corrected chi connectivity index (χ2v) is 3.55. The van der Waals surface area contributed by atoms with Crippen LogP contribution >= 0.6 is 11.8 Å². The quantitative estimate of drug-likeness (QED) is 0.474. The summed E-state index contributed by atoms with van der Waals surface area (Å²) in [5, 5.41) is 8.45. The normalized spacial score (nSPS) is 9.80. The van der Waals surface area contributed by atoms with E-state index in [1.165, 1.54) is 5.57 Å². The Morgan fingerprint density at radius 3 is 2.70 bits per heavy atom. The van der Waals surface area contributed by atoms with Gasteiger partial charge >= 0.3 is 0 Å². The van der Waals surface area contributed by atoms with E-state index in [0.717, 1.165) is 24.3 Å². The summed E-state index contributed by atoms with van der Waals surface area (Å²) < 4.78 is 0. The number of thioether (sulfide) groups is 1.